The highest BCUT2D eigenvalue weighted by molar-refractivity contribution is 6.03. The van der Waals surface area contributed by atoms with Crippen LogP contribution in [-0.2, 0) is 38.8 Å². The summed E-state index contributed by atoms with van der Waals surface area (Å²) in [6.07, 6.45) is 7.89. The fraction of sp³-hybridized carbons (Fsp3) is 0.383. The highest BCUT2D eigenvalue weighted by atomic mass is 16.7. The molecule has 0 aromatic heterocycles. The molecule has 4 aliphatic rings. The molecule has 6 atom stereocenters. The molecule has 78 heavy (non-hydrogen) atoms. The summed E-state index contributed by atoms with van der Waals surface area (Å²) in [5, 5.41) is 36.7. The Hall–Kier alpha value is -7.77. The number of carbonyl (C=O) groups is 2. The minimum atomic E-state index is -1.66. The number of ether oxygens (including phenoxy) is 8. The lowest BCUT2D eigenvalue weighted by Crippen LogP contribution is -2.70. The number of aliphatic hydroxyl groups excluding tert-OH is 2. The van der Waals surface area contributed by atoms with E-state index in [0.717, 1.165) is 23.1 Å². The molecule has 2 N–H and O–H groups in total. The van der Waals surface area contributed by atoms with Gasteiger partial charge in [0, 0.05) is 49.8 Å². The summed E-state index contributed by atoms with van der Waals surface area (Å²) in [6.45, 7) is 4.47. The maximum absolute atomic E-state index is 15.3. The van der Waals surface area contributed by atoms with Crippen LogP contribution in [0.3, 0.4) is 0 Å². The molecule has 410 valence electrons. The van der Waals surface area contributed by atoms with Crippen LogP contribution in [0.1, 0.15) is 83.5 Å². The Morgan fingerprint density at radius 3 is 2.35 bits per heavy atom. The van der Waals surface area contributed by atoms with Crippen molar-refractivity contribution in [3.8, 4) is 34.5 Å². The summed E-state index contributed by atoms with van der Waals surface area (Å²) in [6, 6.07) is 30.8. The van der Waals surface area contributed by atoms with Gasteiger partial charge in [-0.2, -0.15) is 0 Å². The van der Waals surface area contributed by atoms with Crippen LogP contribution in [0, 0.1) is 27.9 Å². The molecule has 0 unspecified atom stereocenters. The first-order chi connectivity index (χ1) is 38.2. The van der Waals surface area contributed by atoms with Crippen molar-refractivity contribution in [2.75, 3.05) is 46.9 Å². The standard InChI is InChI=1S/C60H65N3O15/c1-3-27-75-60-56(62(35-42-17-22-54-55(30-42)74-39-73-54)59(67)72-29-28-71-37-40-11-5-4-6-12-40)34-51(61-76-38-41-15-18-45(19-16-41)63(68)69)49-32-43(13-7-9-25-64)48(14-8-10-26-65)57(58(49)60)50-33-47(21-24-53(50)78-60)77-46-20-23-52(70-2)44(31-46)36-66/h3-6,11-12,15-24,30-33,36,43,48,56-58,64-65H,1,7-10,13-14,25-29,34-35,37-39H2,2H3/t43-,48+,56-,57+,58+,60+/m0/s1. The molecule has 2 aliphatic heterocycles. The zero-order valence-electron chi connectivity index (χ0n) is 43.6. The third-order valence-electron chi connectivity index (χ3n) is 14.7. The van der Waals surface area contributed by atoms with Crippen molar-refractivity contribution >= 4 is 23.8 Å². The van der Waals surface area contributed by atoms with Gasteiger partial charge in [0.05, 0.1) is 49.0 Å². The lowest BCUT2D eigenvalue weighted by molar-refractivity contribution is -0.384. The van der Waals surface area contributed by atoms with E-state index >= 15 is 4.79 Å². The van der Waals surface area contributed by atoms with Crippen molar-refractivity contribution in [2.24, 2.45) is 22.9 Å². The van der Waals surface area contributed by atoms with Gasteiger partial charge in [-0.1, -0.05) is 66.5 Å². The number of nitrogens with zero attached hydrogens (tertiary/aromatic N) is 3. The number of non-ortho nitro benzene ring substituents is 1. The number of amides is 1. The number of aliphatic hydroxyl groups is 2. The van der Waals surface area contributed by atoms with Crippen molar-refractivity contribution in [3.05, 3.63) is 171 Å². The molecule has 5 aromatic rings. The van der Waals surface area contributed by atoms with E-state index in [-0.39, 0.29) is 76.9 Å². The lowest BCUT2D eigenvalue weighted by Gasteiger charge is -2.59. The maximum Gasteiger partial charge on any atom is 0.410 e. The number of unbranched alkanes of at least 4 members (excludes halogenated alkanes) is 2. The van der Waals surface area contributed by atoms with E-state index in [2.05, 4.69) is 12.7 Å². The molecular weight excluding hydrogens is 1000 g/mol. The Bertz CT molecular complexity index is 2950. The normalized spacial score (nSPS) is 21.0. The summed E-state index contributed by atoms with van der Waals surface area (Å²) in [5.74, 6) is -0.116. The Balaban J connectivity index is 1.20. The Labute approximate surface area is 452 Å². The van der Waals surface area contributed by atoms with Crippen LogP contribution >= 0.6 is 0 Å². The molecule has 2 aliphatic carbocycles. The molecular formula is C60H65N3O15. The van der Waals surface area contributed by atoms with Gasteiger partial charge in [-0.15, -0.1) is 6.58 Å². The van der Waals surface area contributed by atoms with Crippen LogP contribution in [0.2, 0.25) is 0 Å². The van der Waals surface area contributed by atoms with Crippen molar-refractivity contribution in [3.63, 3.8) is 0 Å². The van der Waals surface area contributed by atoms with E-state index in [0.29, 0.717) is 102 Å². The highest BCUT2D eigenvalue weighted by Gasteiger charge is 2.66. The first kappa shape index (κ1) is 55.0. The first-order valence-electron chi connectivity index (χ1n) is 26.3. The fourth-order valence-corrected chi connectivity index (χ4v) is 11.2. The molecule has 1 fully saturated rings. The quantitative estimate of drug-likeness (QED) is 0.0164. The topological polar surface area (TPSA) is 216 Å². The molecule has 18 nitrogen and oxygen atoms in total. The number of allylic oxidation sites excluding steroid dienone is 1. The van der Waals surface area contributed by atoms with E-state index in [4.69, 9.17) is 47.9 Å². The van der Waals surface area contributed by atoms with Gasteiger partial charge in [-0.3, -0.25) is 19.8 Å². The van der Waals surface area contributed by atoms with Gasteiger partial charge in [0.15, 0.2) is 17.8 Å². The highest BCUT2D eigenvalue weighted by Crippen LogP contribution is 2.62. The molecule has 1 saturated carbocycles. The average Bonchev–Trinajstić information content (AvgIpc) is 3.90. The predicted molar refractivity (Wildman–Crippen MR) is 287 cm³/mol. The van der Waals surface area contributed by atoms with Gasteiger partial charge in [-0.25, -0.2) is 4.79 Å². The zero-order chi connectivity index (χ0) is 54.4. The van der Waals surface area contributed by atoms with Crippen molar-refractivity contribution in [2.45, 2.75) is 82.5 Å². The van der Waals surface area contributed by atoms with E-state index in [1.165, 1.54) is 19.2 Å². The molecule has 0 saturated heterocycles. The number of aldehydes is 1. The smallest absolute Gasteiger partial charge is 0.410 e. The average molecular weight is 1070 g/mol. The minimum absolute atomic E-state index is 0.00496. The summed E-state index contributed by atoms with van der Waals surface area (Å²) in [7, 11) is 1.49. The molecule has 0 radical (unpaired) electrons. The number of hydrogen-bond acceptors (Lipinski definition) is 16. The van der Waals surface area contributed by atoms with Gasteiger partial charge in [0.25, 0.3) is 5.69 Å². The maximum atomic E-state index is 15.3. The van der Waals surface area contributed by atoms with Gasteiger partial charge in [-0.05, 0) is 120 Å². The van der Waals surface area contributed by atoms with Crippen molar-refractivity contribution in [1.82, 2.24) is 4.90 Å². The molecule has 1 amide bonds. The van der Waals surface area contributed by atoms with Crippen LogP contribution in [0.25, 0.3) is 0 Å². The third kappa shape index (κ3) is 12.5. The number of fused-ring (bicyclic) bond motifs is 3. The Morgan fingerprint density at radius 2 is 1.59 bits per heavy atom. The summed E-state index contributed by atoms with van der Waals surface area (Å²) in [4.78, 5) is 46.3. The number of oxime groups is 1. The molecule has 0 spiro atoms. The number of rotatable bonds is 27. The number of nitro groups is 1. The van der Waals surface area contributed by atoms with Gasteiger partial charge in [0.1, 0.15) is 42.3 Å². The van der Waals surface area contributed by atoms with Crippen molar-refractivity contribution in [1.29, 1.82) is 0 Å². The number of benzene rings is 5. The molecule has 5 aromatic carbocycles. The SMILES string of the molecule is C=CCO[C@@]12Oc3ccc(Oc4ccc(OC)c(C=O)c4)cc3[C@H]3[C@H](CCCCO)[C@@H](CCCCO)C=C(C(=NOCc4ccc([N+](=O)[O-])cc4)C[C@@H]1N(Cc1ccc4c(c1)OCO4)C(=O)OCCOCc1ccccc1)[C@H]32. The number of nitro benzene ring substituents is 1. The second-order valence-electron chi connectivity index (χ2n) is 19.6. The van der Waals surface area contributed by atoms with Gasteiger partial charge >= 0.3 is 6.09 Å². The van der Waals surface area contributed by atoms with Crippen LogP contribution in [0.5, 0.6) is 34.5 Å². The van der Waals surface area contributed by atoms with E-state index in [1.54, 1.807) is 53.4 Å². The van der Waals surface area contributed by atoms with Gasteiger partial charge < -0.3 is 52.9 Å². The second kappa shape index (κ2) is 26.0. The van der Waals surface area contributed by atoms with Gasteiger partial charge in [0.2, 0.25) is 12.6 Å². The zero-order valence-corrected chi connectivity index (χ0v) is 43.6. The van der Waals surface area contributed by atoms with Crippen LogP contribution in [-0.4, -0.2) is 96.9 Å². The van der Waals surface area contributed by atoms with Crippen LogP contribution < -0.4 is 23.7 Å². The Morgan fingerprint density at radius 1 is 0.859 bits per heavy atom. The first-order valence-corrected chi connectivity index (χ1v) is 26.3. The molecule has 18 heteroatoms. The summed E-state index contributed by atoms with van der Waals surface area (Å²) >= 11 is 0. The van der Waals surface area contributed by atoms with E-state index < -0.39 is 34.7 Å². The fourth-order valence-electron chi connectivity index (χ4n) is 11.2. The summed E-state index contributed by atoms with van der Waals surface area (Å²) < 4.78 is 50.2. The monoisotopic (exact) mass is 1070 g/mol. The number of hydrogen-bond donors (Lipinski definition) is 2. The summed E-state index contributed by atoms with van der Waals surface area (Å²) in [5.41, 5.74) is 4.67. The van der Waals surface area contributed by atoms with Crippen LogP contribution in [0.15, 0.2) is 139 Å². The van der Waals surface area contributed by atoms with E-state index in [9.17, 15) is 25.1 Å². The predicted octanol–water partition coefficient (Wildman–Crippen LogP) is 10.6. The van der Waals surface area contributed by atoms with E-state index in [1.807, 2.05) is 54.6 Å². The number of carbonyl (C=O) groups excluding carboxylic acids is 2. The third-order valence-corrected chi connectivity index (χ3v) is 14.7. The molecule has 0 bridgehead atoms. The molecule has 9 rings (SSSR count). The Kier molecular flexibility index (Phi) is 18.4. The second-order valence-corrected chi connectivity index (χ2v) is 19.6. The lowest BCUT2D eigenvalue weighted by atomic mass is 9.55. The van der Waals surface area contributed by atoms with Crippen molar-refractivity contribution < 1.29 is 67.5 Å². The molecule has 2 heterocycles. The minimum Gasteiger partial charge on any atom is -0.496 e. The van der Waals surface area contributed by atoms with Crippen LogP contribution in [0.4, 0.5) is 10.5 Å². The largest absolute Gasteiger partial charge is 0.496 e. The number of methoxy groups -OCH3 is 1.